The lowest BCUT2D eigenvalue weighted by Crippen LogP contribution is -2.44. The van der Waals surface area contributed by atoms with Gasteiger partial charge in [-0.2, -0.15) is 0 Å². The third-order valence-corrected chi connectivity index (χ3v) is 5.07. The Labute approximate surface area is 149 Å². The summed E-state index contributed by atoms with van der Waals surface area (Å²) in [6.45, 7) is 1.32. The number of carbonyl (C=O) groups excluding carboxylic acids is 1. The highest BCUT2D eigenvalue weighted by molar-refractivity contribution is 7.17. The predicted octanol–water partition coefficient (Wildman–Crippen LogP) is 3.54. The third kappa shape index (κ3) is 3.53. The Morgan fingerprint density at radius 1 is 1.08 bits per heavy atom. The monoisotopic (exact) mass is 354 g/mol. The molecule has 3 aromatic rings. The van der Waals surface area contributed by atoms with Crippen molar-refractivity contribution in [2.24, 2.45) is 0 Å². The molecule has 1 aliphatic heterocycles. The van der Waals surface area contributed by atoms with Gasteiger partial charge >= 0.3 is 6.03 Å². The van der Waals surface area contributed by atoms with Crippen LogP contribution in [-0.4, -0.2) is 25.3 Å². The normalized spacial score (nSPS) is 15.8. The average molecular weight is 354 g/mol. The number of rotatable bonds is 4. The Morgan fingerprint density at radius 2 is 1.88 bits per heavy atom. The molecule has 0 spiro atoms. The highest BCUT2D eigenvalue weighted by Crippen LogP contribution is 2.30. The Morgan fingerprint density at radius 3 is 2.80 bits per heavy atom. The van der Waals surface area contributed by atoms with E-state index in [1.54, 1.807) is 11.3 Å². The fraction of sp³-hybridized carbons (Fsp3) is 0.211. The minimum absolute atomic E-state index is 0.192. The molecular weight excluding hydrogens is 336 g/mol. The van der Waals surface area contributed by atoms with Crippen LogP contribution in [0.15, 0.2) is 53.9 Å². The Balaban J connectivity index is 1.27. The van der Waals surface area contributed by atoms with Crippen LogP contribution in [0.3, 0.4) is 0 Å². The van der Waals surface area contributed by atoms with Crippen LogP contribution in [0.2, 0.25) is 0 Å². The summed E-state index contributed by atoms with van der Waals surface area (Å²) in [5, 5.41) is 9.01. The van der Waals surface area contributed by atoms with Gasteiger partial charge in [0.15, 0.2) is 17.6 Å². The van der Waals surface area contributed by atoms with Crippen LogP contribution in [-0.2, 0) is 6.54 Å². The number of amides is 2. The molecule has 4 rings (SSSR count). The van der Waals surface area contributed by atoms with Gasteiger partial charge in [0, 0.05) is 11.2 Å². The van der Waals surface area contributed by atoms with E-state index in [0.717, 1.165) is 11.3 Å². The minimum Gasteiger partial charge on any atom is -0.486 e. The van der Waals surface area contributed by atoms with Crippen LogP contribution in [0.25, 0.3) is 10.1 Å². The second kappa shape index (κ2) is 7.03. The molecule has 1 aromatic heterocycles. The van der Waals surface area contributed by atoms with Crippen molar-refractivity contribution in [3.8, 4) is 11.5 Å². The first-order valence-corrected chi connectivity index (χ1v) is 9.03. The Hall–Kier alpha value is -2.73. The van der Waals surface area contributed by atoms with Gasteiger partial charge in [-0.1, -0.05) is 30.3 Å². The first-order chi connectivity index (χ1) is 12.3. The predicted molar refractivity (Wildman–Crippen MR) is 98.4 cm³/mol. The number of nitrogens with one attached hydrogen (secondary N) is 2. The van der Waals surface area contributed by atoms with Gasteiger partial charge in [0.2, 0.25) is 0 Å². The second-order valence-electron chi connectivity index (χ2n) is 5.82. The molecule has 2 aromatic carbocycles. The first-order valence-electron chi connectivity index (χ1n) is 8.15. The molecule has 25 heavy (non-hydrogen) atoms. The molecule has 0 unspecified atom stereocenters. The van der Waals surface area contributed by atoms with Crippen LogP contribution in [0.1, 0.15) is 5.56 Å². The fourth-order valence-electron chi connectivity index (χ4n) is 2.78. The number of para-hydroxylation sites is 2. The lowest BCUT2D eigenvalue weighted by Gasteiger charge is -2.26. The maximum atomic E-state index is 12.0. The number of carbonyl (C=O) groups is 1. The molecule has 0 fully saturated rings. The van der Waals surface area contributed by atoms with Gasteiger partial charge in [0.05, 0.1) is 6.54 Å². The third-order valence-electron chi connectivity index (χ3n) is 4.06. The van der Waals surface area contributed by atoms with Crippen molar-refractivity contribution in [2.75, 3.05) is 13.2 Å². The number of urea groups is 1. The largest absolute Gasteiger partial charge is 0.486 e. The van der Waals surface area contributed by atoms with E-state index >= 15 is 0 Å². The molecular formula is C19H18N2O3S. The van der Waals surface area contributed by atoms with Crippen molar-refractivity contribution in [1.82, 2.24) is 10.6 Å². The zero-order valence-corrected chi connectivity index (χ0v) is 14.3. The number of benzene rings is 2. The molecule has 6 heteroatoms. The summed E-state index contributed by atoms with van der Waals surface area (Å²) in [5.74, 6) is 1.46. The molecule has 0 bridgehead atoms. The topological polar surface area (TPSA) is 59.6 Å². The van der Waals surface area contributed by atoms with E-state index in [9.17, 15) is 4.79 Å². The number of hydrogen-bond acceptors (Lipinski definition) is 4. The van der Waals surface area contributed by atoms with Crippen molar-refractivity contribution >= 4 is 27.5 Å². The zero-order valence-electron chi connectivity index (χ0n) is 13.5. The minimum atomic E-state index is -0.210. The van der Waals surface area contributed by atoms with Crippen molar-refractivity contribution in [3.05, 3.63) is 59.5 Å². The Bertz CT molecular complexity index is 893. The maximum absolute atomic E-state index is 12.0. The smallest absolute Gasteiger partial charge is 0.315 e. The molecule has 5 nitrogen and oxygen atoms in total. The van der Waals surface area contributed by atoms with E-state index in [0.29, 0.717) is 25.4 Å². The summed E-state index contributed by atoms with van der Waals surface area (Å²) in [6.07, 6.45) is -0.192. The molecule has 0 saturated heterocycles. The number of fused-ring (bicyclic) bond motifs is 2. The highest BCUT2D eigenvalue weighted by Gasteiger charge is 2.20. The lowest BCUT2D eigenvalue weighted by atomic mass is 10.2. The van der Waals surface area contributed by atoms with Crippen molar-refractivity contribution in [2.45, 2.75) is 12.6 Å². The Kier molecular flexibility index (Phi) is 4.43. The molecule has 0 aliphatic carbocycles. The van der Waals surface area contributed by atoms with Crippen LogP contribution in [0.4, 0.5) is 4.79 Å². The van der Waals surface area contributed by atoms with Crippen molar-refractivity contribution in [3.63, 3.8) is 0 Å². The average Bonchev–Trinajstić information content (AvgIpc) is 3.08. The van der Waals surface area contributed by atoms with Gasteiger partial charge in [-0.15, -0.1) is 11.3 Å². The van der Waals surface area contributed by atoms with Gasteiger partial charge in [-0.05, 0) is 34.5 Å². The summed E-state index contributed by atoms with van der Waals surface area (Å²) >= 11 is 1.69. The molecule has 0 radical (unpaired) electrons. The number of thiophene rings is 1. The molecule has 0 saturated carbocycles. The zero-order chi connectivity index (χ0) is 17.1. The maximum Gasteiger partial charge on any atom is 0.315 e. The summed E-state index contributed by atoms with van der Waals surface area (Å²) in [7, 11) is 0. The number of hydrogen-bond donors (Lipinski definition) is 2. The van der Waals surface area contributed by atoms with Gasteiger partial charge in [-0.25, -0.2) is 4.79 Å². The summed E-state index contributed by atoms with van der Waals surface area (Å²) in [4.78, 5) is 12.0. The van der Waals surface area contributed by atoms with Crippen molar-refractivity contribution < 1.29 is 14.3 Å². The van der Waals surface area contributed by atoms with Gasteiger partial charge in [-0.3, -0.25) is 0 Å². The van der Waals surface area contributed by atoms with E-state index in [2.05, 4.69) is 28.1 Å². The second-order valence-corrected chi connectivity index (χ2v) is 6.73. The quantitative estimate of drug-likeness (QED) is 0.753. The van der Waals surface area contributed by atoms with E-state index in [1.165, 1.54) is 10.1 Å². The van der Waals surface area contributed by atoms with E-state index in [1.807, 2.05) is 36.4 Å². The molecule has 1 atom stereocenters. The molecule has 1 aliphatic rings. The summed E-state index contributed by atoms with van der Waals surface area (Å²) in [6, 6.07) is 15.5. The van der Waals surface area contributed by atoms with Gasteiger partial charge < -0.3 is 20.1 Å². The van der Waals surface area contributed by atoms with E-state index < -0.39 is 0 Å². The van der Waals surface area contributed by atoms with Crippen LogP contribution < -0.4 is 20.1 Å². The van der Waals surface area contributed by atoms with Crippen LogP contribution >= 0.6 is 11.3 Å². The highest BCUT2D eigenvalue weighted by atomic mass is 32.1. The fourth-order valence-corrected chi connectivity index (χ4v) is 3.74. The van der Waals surface area contributed by atoms with Crippen LogP contribution in [0, 0.1) is 0 Å². The summed E-state index contributed by atoms with van der Waals surface area (Å²) in [5.41, 5.74) is 1.13. The van der Waals surface area contributed by atoms with E-state index in [-0.39, 0.29) is 12.1 Å². The van der Waals surface area contributed by atoms with Gasteiger partial charge in [0.1, 0.15) is 6.61 Å². The van der Waals surface area contributed by atoms with Gasteiger partial charge in [0.25, 0.3) is 0 Å². The SMILES string of the molecule is O=C(NCc1csc2ccccc12)NC[C@H]1COc2ccccc2O1. The van der Waals surface area contributed by atoms with Crippen molar-refractivity contribution in [1.29, 1.82) is 0 Å². The molecule has 2 amide bonds. The lowest BCUT2D eigenvalue weighted by molar-refractivity contribution is 0.0918. The number of ether oxygens (including phenoxy) is 2. The summed E-state index contributed by atoms with van der Waals surface area (Å²) < 4.78 is 12.7. The standard InChI is InChI=1S/C19H18N2O3S/c22-19(20-9-13-12-25-18-8-4-1-5-15(13)18)21-10-14-11-23-16-6-2-3-7-17(16)24-14/h1-8,12,14H,9-11H2,(H2,20,21,22)/t14-/m0/s1. The molecule has 2 N–H and O–H groups in total. The van der Waals surface area contributed by atoms with E-state index in [4.69, 9.17) is 9.47 Å². The van der Waals surface area contributed by atoms with Crippen LogP contribution in [0.5, 0.6) is 11.5 Å². The first kappa shape index (κ1) is 15.8. The molecule has 2 heterocycles. The molecule has 128 valence electrons.